The smallest absolute Gasteiger partial charge is 0.287 e. The van der Waals surface area contributed by atoms with Crippen molar-refractivity contribution in [2.45, 2.75) is 31.3 Å². The predicted octanol–water partition coefficient (Wildman–Crippen LogP) is 4.37. The van der Waals surface area contributed by atoms with Gasteiger partial charge in [0.05, 0.1) is 11.3 Å². The molecule has 2 heterocycles. The monoisotopic (exact) mass is 443 g/mol. The van der Waals surface area contributed by atoms with Crippen molar-refractivity contribution in [2.24, 2.45) is 0 Å². The molecule has 4 aromatic rings. The molecule has 0 atom stereocenters. The molecule has 0 saturated heterocycles. The van der Waals surface area contributed by atoms with Gasteiger partial charge in [-0.25, -0.2) is 4.98 Å². The van der Waals surface area contributed by atoms with Crippen LogP contribution in [-0.2, 0) is 11.2 Å². The average Bonchev–Trinajstić information content (AvgIpc) is 3.23. The van der Waals surface area contributed by atoms with Gasteiger partial charge < -0.3 is 10.1 Å². The number of nitro groups is 1. The minimum atomic E-state index is -0.493. The number of nitrogens with one attached hydrogen (secondary N) is 2. The first-order valence-electron chi connectivity index (χ1n) is 10.6. The van der Waals surface area contributed by atoms with Gasteiger partial charge in [-0.15, -0.1) is 0 Å². The van der Waals surface area contributed by atoms with Crippen LogP contribution in [0.25, 0.3) is 10.8 Å². The van der Waals surface area contributed by atoms with E-state index >= 15 is 0 Å². The van der Waals surface area contributed by atoms with Crippen molar-refractivity contribution < 1.29 is 14.5 Å². The Morgan fingerprint density at radius 3 is 2.70 bits per heavy atom. The summed E-state index contributed by atoms with van der Waals surface area (Å²) in [7, 11) is 0. The maximum atomic E-state index is 12.5. The predicted molar refractivity (Wildman–Crippen MR) is 122 cm³/mol. The van der Waals surface area contributed by atoms with Gasteiger partial charge in [0.2, 0.25) is 11.8 Å². The number of carbonyl (C=O) groups excluding carboxylic acids is 1. The van der Waals surface area contributed by atoms with Crippen LogP contribution in [0.2, 0.25) is 0 Å². The zero-order valence-electron chi connectivity index (χ0n) is 17.6. The molecule has 1 saturated carbocycles. The molecule has 2 N–H and O–H groups in total. The number of H-pyrrole nitrogens is 1. The fraction of sp³-hybridized carbons (Fsp3) is 0.208. The third-order valence-electron chi connectivity index (χ3n) is 5.80. The van der Waals surface area contributed by atoms with Crippen LogP contribution in [0.1, 0.15) is 30.0 Å². The standard InChI is InChI=1S/C24H21N5O4/c30-23(10-15-5-6-16-3-1-2-4-17(16)9-15)26-22-13-21(27-28-22)18-11-20(12-18)33-24-8-7-19(14-25-24)29(31)32/h1-9,13-14,18,20H,10-12H2,(H2,26,27,28,30). The van der Waals surface area contributed by atoms with E-state index in [1.807, 2.05) is 48.5 Å². The van der Waals surface area contributed by atoms with E-state index in [1.165, 1.54) is 18.3 Å². The molecular weight excluding hydrogens is 422 g/mol. The number of pyridine rings is 1. The Morgan fingerprint density at radius 2 is 1.94 bits per heavy atom. The highest BCUT2D eigenvalue weighted by Gasteiger charge is 2.33. The molecule has 1 aliphatic carbocycles. The van der Waals surface area contributed by atoms with E-state index in [1.54, 1.807) is 0 Å². The average molecular weight is 443 g/mol. The van der Waals surface area contributed by atoms with Crippen LogP contribution in [0.3, 0.4) is 0 Å². The Labute approximate surface area is 189 Å². The van der Waals surface area contributed by atoms with Crippen molar-refractivity contribution >= 4 is 28.2 Å². The lowest BCUT2D eigenvalue weighted by Gasteiger charge is -2.34. The Hall–Kier alpha value is -4.27. The fourth-order valence-electron chi connectivity index (χ4n) is 3.97. The van der Waals surface area contributed by atoms with Gasteiger partial charge in [-0.05, 0) is 29.2 Å². The fourth-order valence-corrected chi connectivity index (χ4v) is 3.97. The summed E-state index contributed by atoms with van der Waals surface area (Å²) < 4.78 is 5.77. The molecule has 9 nitrogen and oxygen atoms in total. The Kier molecular flexibility index (Phi) is 5.43. The Bertz CT molecular complexity index is 1310. The normalized spacial score (nSPS) is 17.3. The molecule has 166 valence electrons. The summed E-state index contributed by atoms with van der Waals surface area (Å²) in [4.78, 5) is 26.6. The second-order valence-electron chi connectivity index (χ2n) is 8.13. The van der Waals surface area contributed by atoms with Gasteiger partial charge in [0.1, 0.15) is 12.3 Å². The summed E-state index contributed by atoms with van der Waals surface area (Å²) in [6.07, 6.45) is 2.98. The number of amides is 1. The first-order valence-corrected chi connectivity index (χ1v) is 10.6. The molecule has 2 aromatic carbocycles. The van der Waals surface area contributed by atoms with Gasteiger partial charge in [0.25, 0.3) is 5.69 Å². The minimum Gasteiger partial charge on any atom is -0.474 e. The highest BCUT2D eigenvalue weighted by molar-refractivity contribution is 5.92. The summed E-state index contributed by atoms with van der Waals surface area (Å²) in [6.45, 7) is 0. The topological polar surface area (TPSA) is 123 Å². The molecule has 9 heteroatoms. The first kappa shape index (κ1) is 20.6. The van der Waals surface area contributed by atoms with Crippen LogP contribution < -0.4 is 10.1 Å². The number of aromatic nitrogens is 3. The minimum absolute atomic E-state index is 0.0156. The van der Waals surface area contributed by atoms with Crippen molar-refractivity contribution in [3.05, 3.63) is 88.2 Å². The number of anilines is 1. The van der Waals surface area contributed by atoms with E-state index in [4.69, 9.17) is 4.74 Å². The first-order chi connectivity index (χ1) is 16.0. The van der Waals surface area contributed by atoms with Crippen LogP contribution in [-0.4, -0.2) is 32.1 Å². The van der Waals surface area contributed by atoms with E-state index in [0.717, 1.165) is 34.9 Å². The number of benzene rings is 2. The number of aromatic amines is 1. The molecular formula is C24H21N5O4. The van der Waals surface area contributed by atoms with E-state index in [9.17, 15) is 14.9 Å². The van der Waals surface area contributed by atoms with Crippen molar-refractivity contribution in [2.75, 3.05) is 5.32 Å². The molecule has 33 heavy (non-hydrogen) atoms. The number of carbonyl (C=O) groups is 1. The van der Waals surface area contributed by atoms with Gasteiger partial charge in [-0.1, -0.05) is 42.5 Å². The van der Waals surface area contributed by atoms with Crippen LogP contribution >= 0.6 is 0 Å². The molecule has 1 fully saturated rings. The van der Waals surface area contributed by atoms with Gasteiger partial charge in [-0.2, -0.15) is 5.10 Å². The summed E-state index contributed by atoms with van der Waals surface area (Å²) >= 11 is 0. The SMILES string of the molecule is O=C(Cc1ccc2ccccc2c1)Nc1cc(C2CC(Oc3ccc([N+](=O)[O-])cn3)C2)[nH]n1. The number of nitrogens with zero attached hydrogens (tertiary/aromatic N) is 3. The van der Waals surface area contributed by atoms with E-state index in [0.29, 0.717) is 11.7 Å². The Balaban J connectivity index is 1.12. The van der Waals surface area contributed by atoms with Crippen molar-refractivity contribution in [3.63, 3.8) is 0 Å². The summed E-state index contributed by atoms with van der Waals surface area (Å²) in [6, 6.07) is 18.8. The van der Waals surface area contributed by atoms with Crippen molar-refractivity contribution in [1.82, 2.24) is 15.2 Å². The molecule has 0 aliphatic heterocycles. The molecule has 1 aliphatic rings. The van der Waals surface area contributed by atoms with Crippen LogP contribution in [0.4, 0.5) is 11.5 Å². The zero-order chi connectivity index (χ0) is 22.8. The Morgan fingerprint density at radius 1 is 1.12 bits per heavy atom. The number of fused-ring (bicyclic) bond motifs is 1. The van der Waals surface area contributed by atoms with E-state index in [-0.39, 0.29) is 30.0 Å². The van der Waals surface area contributed by atoms with Crippen LogP contribution in [0, 0.1) is 10.1 Å². The lowest BCUT2D eigenvalue weighted by atomic mass is 9.80. The maximum absolute atomic E-state index is 12.5. The number of hydrogen-bond donors (Lipinski definition) is 2. The van der Waals surface area contributed by atoms with Gasteiger partial charge in [0.15, 0.2) is 5.82 Å². The third kappa shape index (κ3) is 4.67. The third-order valence-corrected chi connectivity index (χ3v) is 5.80. The summed E-state index contributed by atoms with van der Waals surface area (Å²) in [5.74, 6) is 0.988. The lowest BCUT2D eigenvalue weighted by Crippen LogP contribution is -2.32. The second-order valence-corrected chi connectivity index (χ2v) is 8.13. The van der Waals surface area contributed by atoms with Gasteiger partial charge in [0, 0.05) is 29.8 Å². The summed E-state index contributed by atoms with van der Waals surface area (Å²) in [5.41, 5.74) is 1.81. The van der Waals surface area contributed by atoms with Gasteiger partial charge >= 0.3 is 0 Å². The molecule has 0 unspecified atom stereocenters. The molecule has 0 bridgehead atoms. The van der Waals surface area contributed by atoms with E-state index < -0.39 is 4.92 Å². The highest BCUT2D eigenvalue weighted by Crippen LogP contribution is 2.38. The lowest BCUT2D eigenvalue weighted by molar-refractivity contribution is -0.385. The molecule has 2 aromatic heterocycles. The largest absolute Gasteiger partial charge is 0.474 e. The molecule has 1 amide bonds. The molecule has 0 radical (unpaired) electrons. The molecule has 0 spiro atoms. The van der Waals surface area contributed by atoms with Crippen LogP contribution in [0.5, 0.6) is 5.88 Å². The number of rotatable bonds is 7. The van der Waals surface area contributed by atoms with E-state index in [2.05, 4.69) is 20.5 Å². The quantitative estimate of drug-likeness (QED) is 0.323. The number of hydrogen-bond acceptors (Lipinski definition) is 6. The second kappa shape index (κ2) is 8.70. The maximum Gasteiger partial charge on any atom is 0.287 e. The summed E-state index contributed by atoms with van der Waals surface area (Å²) in [5, 5.41) is 23.0. The molecule has 5 rings (SSSR count). The van der Waals surface area contributed by atoms with Crippen molar-refractivity contribution in [1.29, 1.82) is 0 Å². The number of ether oxygens (including phenoxy) is 1. The van der Waals surface area contributed by atoms with Gasteiger partial charge in [-0.3, -0.25) is 20.0 Å². The van der Waals surface area contributed by atoms with Crippen molar-refractivity contribution in [3.8, 4) is 5.88 Å². The van der Waals surface area contributed by atoms with Crippen LogP contribution in [0.15, 0.2) is 66.9 Å². The zero-order valence-corrected chi connectivity index (χ0v) is 17.6. The highest BCUT2D eigenvalue weighted by atomic mass is 16.6.